The van der Waals surface area contributed by atoms with Crippen LogP contribution in [0, 0.1) is 11.3 Å². The topological polar surface area (TPSA) is 134 Å². The third kappa shape index (κ3) is 6.85. The first-order chi connectivity index (χ1) is 8.38. The second-order valence-electron chi connectivity index (χ2n) is 4.44. The first kappa shape index (κ1) is 16.4. The molecule has 0 aromatic rings. The first-order valence-electron chi connectivity index (χ1n) is 5.90. The van der Waals surface area contributed by atoms with Crippen LogP contribution in [0.2, 0.25) is 0 Å². The summed E-state index contributed by atoms with van der Waals surface area (Å²) in [6.07, 6.45) is 2.85. The number of amides is 1. The van der Waals surface area contributed by atoms with E-state index in [1.54, 1.807) is 6.29 Å². The highest BCUT2D eigenvalue weighted by Gasteiger charge is 2.20. The fourth-order valence-corrected chi connectivity index (χ4v) is 1.27. The molecule has 0 unspecified atom stereocenters. The molecule has 7 heteroatoms. The second kappa shape index (κ2) is 8.46. The molecule has 0 aliphatic rings. The lowest BCUT2D eigenvalue weighted by Gasteiger charge is -2.18. The van der Waals surface area contributed by atoms with Crippen LogP contribution in [0.1, 0.15) is 26.7 Å². The van der Waals surface area contributed by atoms with Gasteiger partial charge in [-0.2, -0.15) is 0 Å². The van der Waals surface area contributed by atoms with E-state index in [4.69, 9.17) is 16.9 Å². The molecule has 0 saturated carbocycles. The van der Waals surface area contributed by atoms with Crippen LogP contribution >= 0.6 is 0 Å². The highest BCUT2D eigenvalue weighted by Crippen LogP contribution is 2.00. The Labute approximate surface area is 107 Å². The zero-order chi connectivity index (χ0) is 14.1. The summed E-state index contributed by atoms with van der Waals surface area (Å²) in [5.41, 5.74) is 10.8. The van der Waals surface area contributed by atoms with Crippen molar-refractivity contribution in [3.8, 4) is 0 Å². The summed E-state index contributed by atoms with van der Waals surface area (Å²) < 4.78 is 0. The van der Waals surface area contributed by atoms with Gasteiger partial charge in [-0.05, 0) is 18.8 Å². The summed E-state index contributed by atoms with van der Waals surface area (Å²) in [7, 11) is 0. The van der Waals surface area contributed by atoms with Crippen LogP contribution in [0.25, 0.3) is 0 Å². The van der Waals surface area contributed by atoms with Crippen LogP contribution in [0.4, 0.5) is 0 Å². The van der Waals surface area contributed by atoms with Gasteiger partial charge in [0.15, 0.2) is 5.96 Å². The molecule has 0 saturated heterocycles. The number of carbonyl (C=O) groups is 1. The van der Waals surface area contributed by atoms with Gasteiger partial charge in [-0.3, -0.25) is 15.0 Å². The van der Waals surface area contributed by atoms with Crippen molar-refractivity contribution in [2.75, 3.05) is 6.54 Å². The minimum atomic E-state index is -0.673. The van der Waals surface area contributed by atoms with Crippen molar-refractivity contribution in [2.45, 2.75) is 38.8 Å². The SMILES string of the molecule is CC(C)[C@@H]([C]=O)NC(=O)[C@@H](N)CCCNC(=N)N. The number of rotatable bonds is 8. The summed E-state index contributed by atoms with van der Waals surface area (Å²) in [6.45, 7) is 4.13. The number of carbonyl (C=O) groups excluding carboxylic acids is 2. The zero-order valence-electron chi connectivity index (χ0n) is 10.8. The molecule has 0 aromatic carbocycles. The average Bonchev–Trinajstić information content (AvgIpc) is 2.30. The van der Waals surface area contributed by atoms with Crippen molar-refractivity contribution >= 4 is 18.2 Å². The predicted octanol–water partition coefficient (Wildman–Crippen LogP) is -1.17. The average molecular weight is 256 g/mol. The Morgan fingerprint density at radius 3 is 2.50 bits per heavy atom. The molecule has 0 aliphatic carbocycles. The fourth-order valence-electron chi connectivity index (χ4n) is 1.27. The molecule has 0 spiro atoms. The Kier molecular flexibility index (Phi) is 7.69. The number of nitrogens with two attached hydrogens (primary N) is 2. The Morgan fingerprint density at radius 2 is 2.06 bits per heavy atom. The third-order valence-corrected chi connectivity index (χ3v) is 2.44. The molecule has 0 heterocycles. The molecule has 2 atom stereocenters. The Hall–Kier alpha value is -1.63. The summed E-state index contributed by atoms with van der Waals surface area (Å²) in [4.78, 5) is 22.3. The van der Waals surface area contributed by atoms with E-state index in [9.17, 15) is 9.59 Å². The van der Waals surface area contributed by atoms with Crippen LogP contribution in [0.3, 0.4) is 0 Å². The minimum Gasteiger partial charge on any atom is -0.370 e. The van der Waals surface area contributed by atoms with E-state index < -0.39 is 12.1 Å². The molecular weight excluding hydrogens is 234 g/mol. The van der Waals surface area contributed by atoms with E-state index in [1.807, 2.05) is 13.8 Å². The van der Waals surface area contributed by atoms with Crippen LogP contribution in [-0.2, 0) is 9.59 Å². The van der Waals surface area contributed by atoms with E-state index in [-0.39, 0.29) is 17.8 Å². The van der Waals surface area contributed by atoms with E-state index in [2.05, 4.69) is 10.6 Å². The van der Waals surface area contributed by atoms with Gasteiger partial charge in [-0.25, -0.2) is 0 Å². The third-order valence-electron chi connectivity index (χ3n) is 2.44. The molecule has 7 nitrogen and oxygen atoms in total. The highest BCUT2D eigenvalue weighted by atomic mass is 16.2. The van der Waals surface area contributed by atoms with Crippen LogP contribution in [0.15, 0.2) is 0 Å². The molecule has 0 aromatic heterocycles. The maximum absolute atomic E-state index is 11.6. The van der Waals surface area contributed by atoms with Gasteiger partial charge in [0.1, 0.15) is 0 Å². The Bertz CT molecular complexity index is 293. The highest BCUT2D eigenvalue weighted by molar-refractivity contribution is 5.84. The summed E-state index contributed by atoms with van der Waals surface area (Å²) in [6, 6.07) is -1.30. The van der Waals surface area contributed by atoms with Crippen molar-refractivity contribution in [3.05, 3.63) is 0 Å². The smallest absolute Gasteiger partial charge is 0.237 e. The van der Waals surface area contributed by atoms with Gasteiger partial charge >= 0.3 is 0 Å². The van der Waals surface area contributed by atoms with Gasteiger partial charge in [0.2, 0.25) is 12.2 Å². The van der Waals surface area contributed by atoms with E-state index >= 15 is 0 Å². The van der Waals surface area contributed by atoms with E-state index in [1.165, 1.54) is 0 Å². The quantitative estimate of drug-likeness (QED) is 0.212. The first-order valence-corrected chi connectivity index (χ1v) is 5.90. The minimum absolute atomic E-state index is 0.0157. The lowest BCUT2D eigenvalue weighted by atomic mass is 10.0. The van der Waals surface area contributed by atoms with E-state index in [0.29, 0.717) is 19.4 Å². The van der Waals surface area contributed by atoms with Crippen molar-refractivity contribution in [1.82, 2.24) is 10.6 Å². The van der Waals surface area contributed by atoms with Crippen molar-refractivity contribution in [2.24, 2.45) is 17.4 Å². The molecule has 0 fully saturated rings. The van der Waals surface area contributed by atoms with Crippen LogP contribution < -0.4 is 22.1 Å². The van der Waals surface area contributed by atoms with Gasteiger partial charge in [-0.1, -0.05) is 13.8 Å². The molecule has 103 valence electrons. The lowest BCUT2D eigenvalue weighted by molar-refractivity contribution is -0.123. The normalized spacial score (nSPS) is 13.8. The Balaban J connectivity index is 3.95. The maximum atomic E-state index is 11.6. The summed E-state index contributed by atoms with van der Waals surface area (Å²) in [5.74, 6) is -0.485. The fraction of sp³-hybridized carbons (Fsp3) is 0.727. The molecule has 0 aliphatic heterocycles. The number of guanidine groups is 1. The molecular formula is C11H22N5O2. The largest absolute Gasteiger partial charge is 0.370 e. The van der Waals surface area contributed by atoms with Gasteiger partial charge in [0, 0.05) is 6.54 Å². The maximum Gasteiger partial charge on any atom is 0.237 e. The van der Waals surface area contributed by atoms with Crippen LogP contribution in [0.5, 0.6) is 0 Å². The zero-order valence-corrected chi connectivity index (χ0v) is 10.8. The summed E-state index contributed by atoms with van der Waals surface area (Å²) >= 11 is 0. The number of hydrogen-bond donors (Lipinski definition) is 5. The second-order valence-corrected chi connectivity index (χ2v) is 4.44. The Morgan fingerprint density at radius 1 is 1.44 bits per heavy atom. The lowest BCUT2D eigenvalue weighted by Crippen LogP contribution is -2.48. The predicted molar refractivity (Wildman–Crippen MR) is 69.6 cm³/mol. The number of nitrogens with one attached hydrogen (secondary N) is 3. The molecule has 1 radical (unpaired) electrons. The van der Waals surface area contributed by atoms with Crippen molar-refractivity contribution in [1.29, 1.82) is 5.41 Å². The molecule has 0 rings (SSSR count). The molecule has 7 N–H and O–H groups in total. The van der Waals surface area contributed by atoms with Crippen molar-refractivity contribution in [3.63, 3.8) is 0 Å². The molecule has 18 heavy (non-hydrogen) atoms. The van der Waals surface area contributed by atoms with Gasteiger partial charge < -0.3 is 22.1 Å². The van der Waals surface area contributed by atoms with Crippen molar-refractivity contribution < 1.29 is 9.59 Å². The van der Waals surface area contributed by atoms with E-state index in [0.717, 1.165) is 0 Å². The molecule has 1 amide bonds. The summed E-state index contributed by atoms with van der Waals surface area (Å²) in [5, 5.41) is 12.1. The standard InChI is InChI=1S/C11H22N5O2/c1-7(2)9(6-17)16-10(18)8(12)4-3-5-15-11(13)14/h7-9H,3-5,12H2,1-2H3,(H,16,18)(H4,13,14,15)/t8-,9+/m0/s1. The van der Waals surface area contributed by atoms with Crippen LogP contribution in [-0.4, -0.2) is 36.8 Å². The molecule has 0 bridgehead atoms. The monoisotopic (exact) mass is 256 g/mol. The van der Waals surface area contributed by atoms with Gasteiger partial charge in [0.05, 0.1) is 12.1 Å². The van der Waals surface area contributed by atoms with Gasteiger partial charge in [0.25, 0.3) is 0 Å². The number of hydrogen-bond acceptors (Lipinski definition) is 4. The van der Waals surface area contributed by atoms with Gasteiger partial charge in [-0.15, -0.1) is 0 Å².